The predicted octanol–water partition coefficient (Wildman–Crippen LogP) is 3.08. The number of likely N-dealkylation sites (tertiary alicyclic amines) is 1. The molecule has 1 aliphatic rings. The van der Waals surface area contributed by atoms with Crippen LogP contribution in [-0.4, -0.2) is 34.0 Å². The summed E-state index contributed by atoms with van der Waals surface area (Å²) >= 11 is 0. The molecule has 2 aromatic rings. The van der Waals surface area contributed by atoms with Gasteiger partial charge in [0.15, 0.2) is 0 Å². The maximum Gasteiger partial charge on any atom is 0.219 e. The van der Waals surface area contributed by atoms with Gasteiger partial charge in [-0.2, -0.15) is 0 Å². The molecule has 0 spiro atoms. The topological polar surface area (TPSA) is 59.2 Å². The van der Waals surface area contributed by atoms with Gasteiger partial charge in [0.2, 0.25) is 5.91 Å². The number of piperidine rings is 1. The van der Waals surface area contributed by atoms with E-state index in [1.807, 2.05) is 24.9 Å². The molecule has 0 N–H and O–H groups in total. The second kappa shape index (κ2) is 5.91. The van der Waals surface area contributed by atoms with Crippen molar-refractivity contribution in [3.63, 3.8) is 0 Å². The molecule has 0 radical (unpaired) electrons. The minimum absolute atomic E-state index is 0.150. The third kappa shape index (κ3) is 2.75. The third-order valence-electron chi connectivity index (χ3n) is 4.39. The van der Waals surface area contributed by atoms with Crippen molar-refractivity contribution in [2.45, 2.75) is 39.5 Å². The van der Waals surface area contributed by atoms with E-state index in [1.165, 1.54) is 0 Å². The van der Waals surface area contributed by atoms with Gasteiger partial charge in [0, 0.05) is 48.9 Å². The molecule has 1 fully saturated rings. The highest BCUT2D eigenvalue weighted by molar-refractivity contribution is 5.73. The molecule has 3 heterocycles. The average molecular weight is 299 g/mol. The van der Waals surface area contributed by atoms with E-state index in [-0.39, 0.29) is 5.91 Å². The average Bonchev–Trinajstić information content (AvgIpc) is 2.86. The molecule has 5 heteroatoms. The van der Waals surface area contributed by atoms with E-state index in [1.54, 1.807) is 6.92 Å². The molecule has 3 rings (SSSR count). The fourth-order valence-electron chi connectivity index (χ4n) is 3.19. The number of carbonyl (C=O) groups is 1. The third-order valence-corrected chi connectivity index (χ3v) is 4.39. The normalized spacial score (nSPS) is 18.5. The van der Waals surface area contributed by atoms with Crippen LogP contribution in [0.3, 0.4) is 0 Å². The first kappa shape index (κ1) is 14.8. The maximum atomic E-state index is 11.5. The van der Waals surface area contributed by atoms with Gasteiger partial charge in [-0.15, -0.1) is 0 Å². The van der Waals surface area contributed by atoms with Crippen LogP contribution < -0.4 is 0 Å². The lowest BCUT2D eigenvalue weighted by Crippen LogP contribution is -2.37. The highest BCUT2D eigenvalue weighted by Gasteiger charge is 2.24. The van der Waals surface area contributed by atoms with E-state index in [0.29, 0.717) is 5.92 Å². The number of aromatic nitrogens is 2. The Morgan fingerprint density at radius 2 is 2.18 bits per heavy atom. The molecule has 1 amide bonds. The summed E-state index contributed by atoms with van der Waals surface area (Å²) in [5.41, 5.74) is 3.99. The summed E-state index contributed by atoms with van der Waals surface area (Å²) in [5.74, 6) is 1.29. The lowest BCUT2D eigenvalue weighted by atomic mass is 9.93. The zero-order valence-corrected chi connectivity index (χ0v) is 13.3. The van der Waals surface area contributed by atoms with Gasteiger partial charge in [-0.1, -0.05) is 11.2 Å². The molecule has 1 saturated heterocycles. The first-order chi connectivity index (χ1) is 10.6. The summed E-state index contributed by atoms with van der Waals surface area (Å²) < 4.78 is 5.21. The standard InChI is InChI=1S/C17H21N3O2/c1-11-17(12(2)22-19-11)14-6-7-16(18-9-14)15-5-4-8-20(10-15)13(3)21/h6-7,9,15H,4-5,8,10H2,1-3H3. The Morgan fingerprint density at radius 1 is 1.36 bits per heavy atom. The number of amides is 1. The Morgan fingerprint density at radius 3 is 2.77 bits per heavy atom. The van der Waals surface area contributed by atoms with Crippen molar-refractivity contribution in [1.29, 1.82) is 0 Å². The number of aryl methyl sites for hydroxylation is 2. The molecule has 1 unspecified atom stereocenters. The number of pyridine rings is 1. The molecule has 0 aromatic carbocycles. The van der Waals surface area contributed by atoms with Gasteiger partial charge in [0.1, 0.15) is 5.76 Å². The van der Waals surface area contributed by atoms with Crippen LogP contribution in [0.4, 0.5) is 0 Å². The smallest absolute Gasteiger partial charge is 0.219 e. The van der Waals surface area contributed by atoms with Crippen LogP contribution >= 0.6 is 0 Å². The van der Waals surface area contributed by atoms with Crippen molar-refractivity contribution >= 4 is 5.91 Å². The lowest BCUT2D eigenvalue weighted by Gasteiger charge is -2.31. The van der Waals surface area contributed by atoms with E-state index in [0.717, 1.165) is 54.2 Å². The Hall–Kier alpha value is -2.17. The van der Waals surface area contributed by atoms with Crippen molar-refractivity contribution in [2.24, 2.45) is 0 Å². The van der Waals surface area contributed by atoms with Crippen LogP contribution in [0.1, 0.15) is 42.8 Å². The molecular formula is C17H21N3O2. The molecule has 2 aromatic heterocycles. The second-order valence-electron chi connectivity index (χ2n) is 5.98. The molecule has 1 atom stereocenters. The number of carbonyl (C=O) groups excluding carboxylic acids is 1. The van der Waals surface area contributed by atoms with E-state index in [9.17, 15) is 4.79 Å². The summed E-state index contributed by atoms with van der Waals surface area (Å²) in [6, 6.07) is 4.14. The minimum atomic E-state index is 0.150. The quantitative estimate of drug-likeness (QED) is 0.855. The van der Waals surface area contributed by atoms with Crippen molar-refractivity contribution < 1.29 is 9.32 Å². The van der Waals surface area contributed by atoms with Crippen molar-refractivity contribution in [3.8, 4) is 11.1 Å². The van der Waals surface area contributed by atoms with E-state index in [4.69, 9.17) is 4.52 Å². The number of hydrogen-bond donors (Lipinski definition) is 0. The predicted molar refractivity (Wildman–Crippen MR) is 83.4 cm³/mol. The van der Waals surface area contributed by atoms with Crippen LogP contribution in [0.25, 0.3) is 11.1 Å². The molecule has 0 saturated carbocycles. The van der Waals surface area contributed by atoms with Crippen LogP contribution in [0.15, 0.2) is 22.9 Å². The number of hydrogen-bond acceptors (Lipinski definition) is 4. The summed E-state index contributed by atoms with van der Waals surface area (Å²) in [5, 5.41) is 3.99. The summed E-state index contributed by atoms with van der Waals surface area (Å²) in [6.07, 6.45) is 4.01. The van der Waals surface area contributed by atoms with Gasteiger partial charge in [0.05, 0.1) is 5.69 Å². The van der Waals surface area contributed by atoms with Crippen molar-refractivity contribution in [3.05, 3.63) is 35.5 Å². The summed E-state index contributed by atoms with van der Waals surface area (Å²) in [6.45, 7) is 7.12. The molecule has 0 aliphatic carbocycles. The first-order valence-electron chi connectivity index (χ1n) is 7.71. The Bertz CT molecular complexity index is 656. The van der Waals surface area contributed by atoms with E-state index < -0.39 is 0 Å². The van der Waals surface area contributed by atoms with Gasteiger partial charge >= 0.3 is 0 Å². The Balaban J connectivity index is 1.81. The van der Waals surface area contributed by atoms with Gasteiger partial charge in [0.25, 0.3) is 0 Å². The summed E-state index contributed by atoms with van der Waals surface area (Å²) in [4.78, 5) is 18.1. The number of nitrogens with zero attached hydrogens (tertiary/aromatic N) is 3. The zero-order valence-electron chi connectivity index (χ0n) is 13.3. The highest BCUT2D eigenvalue weighted by atomic mass is 16.5. The maximum absolute atomic E-state index is 11.5. The SMILES string of the molecule is CC(=O)N1CCCC(c2ccc(-c3c(C)noc3C)cn2)C1. The van der Waals surface area contributed by atoms with Gasteiger partial charge < -0.3 is 9.42 Å². The van der Waals surface area contributed by atoms with Crippen molar-refractivity contribution in [2.75, 3.05) is 13.1 Å². The Labute approximate surface area is 130 Å². The fourth-order valence-corrected chi connectivity index (χ4v) is 3.19. The van der Waals surface area contributed by atoms with Crippen molar-refractivity contribution in [1.82, 2.24) is 15.0 Å². The highest BCUT2D eigenvalue weighted by Crippen LogP contribution is 2.29. The molecule has 5 nitrogen and oxygen atoms in total. The second-order valence-corrected chi connectivity index (χ2v) is 5.98. The minimum Gasteiger partial charge on any atom is -0.361 e. The Kier molecular flexibility index (Phi) is 3.96. The largest absolute Gasteiger partial charge is 0.361 e. The molecule has 22 heavy (non-hydrogen) atoms. The molecule has 0 bridgehead atoms. The first-order valence-corrected chi connectivity index (χ1v) is 7.71. The fraction of sp³-hybridized carbons (Fsp3) is 0.471. The van der Waals surface area contributed by atoms with Crippen LogP contribution in [0, 0.1) is 13.8 Å². The van der Waals surface area contributed by atoms with E-state index in [2.05, 4.69) is 22.3 Å². The molecule has 1 aliphatic heterocycles. The number of rotatable bonds is 2. The van der Waals surface area contributed by atoms with Gasteiger partial charge in [-0.25, -0.2) is 0 Å². The monoisotopic (exact) mass is 299 g/mol. The lowest BCUT2D eigenvalue weighted by molar-refractivity contribution is -0.130. The molecule has 116 valence electrons. The van der Waals surface area contributed by atoms with Gasteiger partial charge in [-0.05, 0) is 32.8 Å². The zero-order chi connectivity index (χ0) is 15.7. The summed E-state index contributed by atoms with van der Waals surface area (Å²) in [7, 11) is 0. The van der Waals surface area contributed by atoms with Crippen LogP contribution in [0.2, 0.25) is 0 Å². The van der Waals surface area contributed by atoms with Crippen LogP contribution in [-0.2, 0) is 4.79 Å². The van der Waals surface area contributed by atoms with Gasteiger partial charge in [-0.3, -0.25) is 9.78 Å². The molecular weight excluding hydrogens is 278 g/mol. The van der Waals surface area contributed by atoms with Crippen LogP contribution in [0.5, 0.6) is 0 Å². The van der Waals surface area contributed by atoms with E-state index >= 15 is 0 Å².